The Labute approximate surface area is 164 Å². The lowest BCUT2D eigenvalue weighted by Crippen LogP contribution is -2.31. The van der Waals surface area contributed by atoms with Gasteiger partial charge in [0.15, 0.2) is 0 Å². The predicted molar refractivity (Wildman–Crippen MR) is 103 cm³/mol. The second kappa shape index (κ2) is 8.76. The van der Waals surface area contributed by atoms with E-state index in [4.69, 9.17) is 0 Å². The minimum atomic E-state index is -0.514. The van der Waals surface area contributed by atoms with Crippen LogP contribution in [-0.4, -0.2) is 33.1 Å². The molecule has 2 aromatic rings. The van der Waals surface area contributed by atoms with Crippen molar-refractivity contribution in [3.05, 3.63) is 49.7 Å². The largest absolute Gasteiger partial charge is 0.354 e. The van der Waals surface area contributed by atoms with E-state index in [0.717, 1.165) is 10.0 Å². The van der Waals surface area contributed by atoms with Crippen LogP contribution in [0.3, 0.4) is 0 Å². The van der Waals surface area contributed by atoms with Gasteiger partial charge in [-0.1, -0.05) is 22.0 Å². The molecule has 144 valence electrons. The maximum Gasteiger partial charge on any atom is 0.312 e. The zero-order valence-corrected chi connectivity index (χ0v) is 16.8. The quantitative estimate of drug-likeness (QED) is 0.509. The van der Waals surface area contributed by atoms with Crippen LogP contribution in [0.1, 0.15) is 23.4 Å². The second-order valence-electron chi connectivity index (χ2n) is 6.04. The Balaban J connectivity index is 1.84. The summed E-state index contributed by atoms with van der Waals surface area (Å²) in [7, 11) is 0. The van der Waals surface area contributed by atoms with E-state index in [1.807, 2.05) is 25.1 Å². The minimum Gasteiger partial charge on any atom is -0.354 e. The fourth-order valence-electron chi connectivity index (χ4n) is 2.55. The van der Waals surface area contributed by atoms with Gasteiger partial charge >= 0.3 is 5.69 Å². The first-order valence-electron chi connectivity index (χ1n) is 8.20. The van der Waals surface area contributed by atoms with Crippen molar-refractivity contribution in [1.29, 1.82) is 0 Å². The van der Waals surface area contributed by atoms with Gasteiger partial charge in [-0.2, -0.15) is 5.10 Å². The average molecular weight is 438 g/mol. The molecule has 0 aliphatic rings. The highest BCUT2D eigenvalue weighted by molar-refractivity contribution is 9.10. The van der Waals surface area contributed by atoms with Crippen LogP contribution in [0, 0.1) is 30.9 Å². The van der Waals surface area contributed by atoms with E-state index in [1.165, 1.54) is 11.6 Å². The summed E-state index contributed by atoms with van der Waals surface area (Å²) < 4.78 is 2.14. The van der Waals surface area contributed by atoms with E-state index in [1.54, 1.807) is 6.92 Å². The first-order valence-corrected chi connectivity index (χ1v) is 8.99. The van der Waals surface area contributed by atoms with Crippen LogP contribution in [0.4, 0.5) is 11.4 Å². The first-order chi connectivity index (χ1) is 12.7. The van der Waals surface area contributed by atoms with Crippen LogP contribution >= 0.6 is 15.9 Å². The van der Waals surface area contributed by atoms with E-state index in [2.05, 4.69) is 31.7 Å². The van der Waals surface area contributed by atoms with E-state index >= 15 is 0 Å². The van der Waals surface area contributed by atoms with Gasteiger partial charge in [0.1, 0.15) is 17.9 Å². The van der Waals surface area contributed by atoms with Crippen LogP contribution in [0.2, 0.25) is 0 Å². The number of aryl methyl sites for hydroxylation is 2. The molecule has 9 nitrogen and oxygen atoms in total. The van der Waals surface area contributed by atoms with Crippen molar-refractivity contribution in [2.24, 2.45) is 0 Å². The summed E-state index contributed by atoms with van der Waals surface area (Å²) in [5, 5.41) is 20.4. The van der Waals surface area contributed by atoms with Gasteiger partial charge < -0.3 is 10.6 Å². The highest BCUT2D eigenvalue weighted by Gasteiger charge is 2.22. The minimum absolute atomic E-state index is 0.0911. The lowest BCUT2D eigenvalue weighted by molar-refractivity contribution is -0.386. The van der Waals surface area contributed by atoms with Gasteiger partial charge in [0.2, 0.25) is 11.8 Å². The molecule has 0 aliphatic heterocycles. The molecule has 2 N–H and O–H groups in total. The molecule has 1 aromatic carbocycles. The average Bonchev–Trinajstić information content (AvgIpc) is 2.84. The summed E-state index contributed by atoms with van der Waals surface area (Å²) in [5.74, 6) is -0.597. The number of rotatable bonds is 7. The number of nitrogens with one attached hydrogen (secondary N) is 2. The summed E-state index contributed by atoms with van der Waals surface area (Å²) in [6.45, 7) is 4.95. The number of halogens is 1. The molecule has 0 aliphatic carbocycles. The van der Waals surface area contributed by atoms with Crippen molar-refractivity contribution in [2.75, 3.05) is 11.9 Å². The molecule has 10 heteroatoms. The number of benzene rings is 1. The van der Waals surface area contributed by atoms with Crippen molar-refractivity contribution in [3.8, 4) is 0 Å². The summed E-state index contributed by atoms with van der Waals surface area (Å²) in [4.78, 5) is 34.5. The summed E-state index contributed by atoms with van der Waals surface area (Å²) in [6, 6.07) is 5.57. The molecule has 27 heavy (non-hydrogen) atoms. The number of carbonyl (C=O) groups is 2. The number of carbonyl (C=O) groups excluding carboxylic acids is 2. The Morgan fingerprint density at radius 3 is 2.59 bits per heavy atom. The molecule has 2 amide bonds. The van der Waals surface area contributed by atoms with Crippen molar-refractivity contribution >= 4 is 39.1 Å². The van der Waals surface area contributed by atoms with E-state index in [0.29, 0.717) is 11.4 Å². The Morgan fingerprint density at radius 2 is 1.96 bits per heavy atom. The third-order valence-electron chi connectivity index (χ3n) is 3.97. The SMILES string of the molecule is Cc1ccc(Br)cc1NC(=O)CCNC(=O)Cn1nc(C)c([N+](=O)[O-])c1C. The van der Waals surface area contributed by atoms with Crippen LogP contribution in [0.5, 0.6) is 0 Å². The van der Waals surface area contributed by atoms with Crippen LogP contribution < -0.4 is 10.6 Å². The summed E-state index contributed by atoms with van der Waals surface area (Å²) >= 11 is 3.35. The van der Waals surface area contributed by atoms with Gasteiger partial charge in [0, 0.05) is 23.1 Å². The maximum atomic E-state index is 12.0. The van der Waals surface area contributed by atoms with Gasteiger partial charge in [-0.15, -0.1) is 0 Å². The molecular formula is C17H20BrN5O4. The lowest BCUT2D eigenvalue weighted by atomic mass is 10.2. The van der Waals surface area contributed by atoms with Gasteiger partial charge in [0.05, 0.1) is 4.92 Å². The van der Waals surface area contributed by atoms with E-state index < -0.39 is 4.92 Å². The molecule has 0 saturated carbocycles. The number of hydrogen-bond donors (Lipinski definition) is 2. The first kappa shape index (κ1) is 20.6. The second-order valence-corrected chi connectivity index (χ2v) is 6.96. The molecule has 0 bridgehead atoms. The fourth-order valence-corrected chi connectivity index (χ4v) is 2.92. The molecule has 0 saturated heterocycles. The summed E-state index contributed by atoms with van der Waals surface area (Å²) in [5.41, 5.74) is 2.12. The maximum absolute atomic E-state index is 12.0. The Bertz CT molecular complexity index is 894. The van der Waals surface area contributed by atoms with Crippen LogP contribution in [0.15, 0.2) is 22.7 Å². The van der Waals surface area contributed by atoms with Crippen LogP contribution in [0.25, 0.3) is 0 Å². The molecule has 0 atom stereocenters. The number of anilines is 1. The molecule has 1 aromatic heterocycles. The molecule has 0 fully saturated rings. The Morgan fingerprint density at radius 1 is 1.26 bits per heavy atom. The smallest absolute Gasteiger partial charge is 0.312 e. The molecule has 0 radical (unpaired) electrons. The zero-order valence-electron chi connectivity index (χ0n) is 15.2. The van der Waals surface area contributed by atoms with Crippen molar-refractivity contribution in [3.63, 3.8) is 0 Å². The van der Waals surface area contributed by atoms with Gasteiger partial charge in [-0.3, -0.25) is 24.4 Å². The van der Waals surface area contributed by atoms with E-state index in [-0.39, 0.29) is 42.7 Å². The lowest BCUT2D eigenvalue weighted by Gasteiger charge is -2.10. The number of nitro groups is 1. The molecule has 0 unspecified atom stereocenters. The normalized spacial score (nSPS) is 10.5. The number of amides is 2. The highest BCUT2D eigenvalue weighted by atomic mass is 79.9. The third-order valence-corrected chi connectivity index (χ3v) is 4.46. The third kappa shape index (κ3) is 5.36. The van der Waals surface area contributed by atoms with Gasteiger partial charge in [0.25, 0.3) is 0 Å². The van der Waals surface area contributed by atoms with Gasteiger partial charge in [-0.05, 0) is 38.5 Å². The topological polar surface area (TPSA) is 119 Å². The van der Waals surface area contributed by atoms with Crippen molar-refractivity contribution < 1.29 is 14.5 Å². The molecular weight excluding hydrogens is 418 g/mol. The van der Waals surface area contributed by atoms with E-state index in [9.17, 15) is 19.7 Å². The highest BCUT2D eigenvalue weighted by Crippen LogP contribution is 2.22. The Hall–Kier alpha value is -2.75. The van der Waals surface area contributed by atoms with Gasteiger partial charge in [-0.25, -0.2) is 0 Å². The summed E-state index contributed by atoms with van der Waals surface area (Å²) in [6.07, 6.45) is 0.106. The van der Waals surface area contributed by atoms with Crippen molar-refractivity contribution in [1.82, 2.24) is 15.1 Å². The number of hydrogen-bond acceptors (Lipinski definition) is 5. The number of aromatic nitrogens is 2. The Kier molecular flexibility index (Phi) is 6.67. The van der Waals surface area contributed by atoms with Crippen LogP contribution in [-0.2, 0) is 16.1 Å². The van der Waals surface area contributed by atoms with Crippen molar-refractivity contribution in [2.45, 2.75) is 33.7 Å². The molecule has 1 heterocycles. The predicted octanol–water partition coefficient (Wildman–Crippen LogP) is 2.62. The number of nitrogens with zero attached hydrogens (tertiary/aromatic N) is 3. The molecule has 0 spiro atoms. The zero-order chi connectivity index (χ0) is 20.1. The molecule has 2 rings (SSSR count). The fraction of sp³-hybridized carbons (Fsp3) is 0.353. The monoisotopic (exact) mass is 437 g/mol. The standard InChI is InChI=1S/C17H20BrN5O4/c1-10-4-5-13(18)8-14(10)20-15(24)6-7-19-16(25)9-22-12(3)17(23(26)27)11(2)21-22/h4-5,8H,6-7,9H2,1-3H3,(H,19,25)(H,20,24).